The summed E-state index contributed by atoms with van der Waals surface area (Å²) in [5.41, 5.74) is 0.726. The van der Waals surface area contributed by atoms with Gasteiger partial charge in [-0.3, -0.25) is 14.5 Å². The van der Waals surface area contributed by atoms with Crippen molar-refractivity contribution in [3.8, 4) is 0 Å². The molecule has 2 heterocycles. The molecule has 4 amide bonds. The predicted octanol–water partition coefficient (Wildman–Crippen LogP) is 3.27. The van der Waals surface area contributed by atoms with Crippen molar-refractivity contribution in [2.24, 2.45) is 0 Å². The maximum Gasteiger partial charge on any atom is 0.325 e. The molecule has 4 rings (SSSR count). The van der Waals surface area contributed by atoms with Crippen molar-refractivity contribution in [1.29, 1.82) is 0 Å². The molecule has 1 aromatic heterocycles. The van der Waals surface area contributed by atoms with E-state index in [1.54, 1.807) is 12.1 Å². The number of furan rings is 1. The van der Waals surface area contributed by atoms with Gasteiger partial charge in [-0.2, -0.15) is 0 Å². The van der Waals surface area contributed by atoms with Gasteiger partial charge in [0.1, 0.15) is 11.8 Å². The van der Waals surface area contributed by atoms with Gasteiger partial charge in [-0.05, 0) is 30.0 Å². The quantitative estimate of drug-likeness (QED) is 0.645. The van der Waals surface area contributed by atoms with Crippen LogP contribution in [0.3, 0.4) is 0 Å². The largest absolute Gasteiger partial charge is 0.467 e. The molecule has 7 heteroatoms. The van der Waals surface area contributed by atoms with Gasteiger partial charge in [-0.25, -0.2) is 4.79 Å². The summed E-state index contributed by atoms with van der Waals surface area (Å²) in [6, 6.07) is 15.7. The van der Waals surface area contributed by atoms with Gasteiger partial charge in [0, 0.05) is 17.5 Å². The molecule has 1 unspecified atom stereocenters. The van der Waals surface area contributed by atoms with Gasteiger partial charge in [0.05, 0.1) is 12.8 Å². The second-order valence-corrected chi connectivity index (χ2v) is 6.62. The SMILES string of the molecule is O=C(CCC1NC(=O)N(Cc2ccco2)C1=O)Nc1cccc2ccccc12. The molecule has 1 saturated heterocycles. The Morgan fingerprint density at radius 2 is 1.89 bits per heavy atom. The summed E-state index contributed by atoms with van der Waals surface area (Å²) in [5, 5.41) is 7.51. The average molecular weight is 377 g/mol. The Morgan fingerprint density at radius 3 is 2.71 bits per heavy atom. The molecule has 28 heavy (non-hydrogen) atoms. The van der Waals surface area contributed by atoms with Crippen molar-refractivity contribution in [3.05, 3.63) is 66.6 Å². The van der Waals surface area contributed by atoms with Crippen LogP contribution in [0.4, 0.5) is 10.5 Å². The van der Waals surface area contributed by atoms with Gasteiger partial charge in [0.25, 0.3) is 5.91 Å². The number of carbonyl (C=O) groups excluding carboxylic acids is 3. The number of hydrogen-bond donors (Lipinski definition) is 2. The number of nitrogens with zero attached hydrogens (tertiary/aromatic N) is 1. The van der Waals surface area contributed by atoms with Crippen molar-refractivity contribution in [2.45, 2.75) is 25.4 Å². The Morgan fingerprint density at radius 1 is 1.07 bits per heavy atom. The van der Waals surface area contributed by atoms with Crippen molar-refractivity contribution in [2.75, 3.05) is 5.32 Å². The highest BCUT2D eigenvalue weighted by Gasteiger charge is 2.38. The third-order valence-electron chi connectivity index (χ3n) is 4.72. The topological polar surface area (TPSA) is 91.7 Å². The molecule has 3 aromatic rings. The summed E-state index contributed by atoms with van der Waals surface area (Å²) in [5.74, 6) is -0.0277. The summed E-state index contributed by atoms with van der Waals surface area (Å²) in [7, 11) is 0. The first-order chi connectivity index (χ1) is 13.6. The number of rotatable bonds is 6. The molecule has 0 radical (unpaired) electrons. The summed E-state index contributed by atoms with van der Waals surface area (Å²) >= 11 is 0. The highest BCUT2D eigenvalue weighted by atomic mass is 16.3. The summed E-state index contributed by atoms with van der Waals surface area (Å²) < 4.78 is 5.19. The molecule has 0 saturated carbocycles. The molecular formula is C21H19N3O4. The molecule has 0 aliphatic carbocycles. The van der Waals surface area contributed by atoms with Crippen LogP contribution in [0.15, 0.2) is 65.3 Å². The minimum atomic E-state index is -0.708. The number of urea groups is 1. The van der Waals surface area contributed by atoms with Crippen LogP contribution in [0.2, 0.25) is 0 Å². The molecule has 0 bridgehead atoms. The summed E-state index contributed by atoms with van der Waals surface area (Å²) in [4.78, 5) is 38.0. The van der Waals surface area contributed by atoms with Crippen LogP contribution in [-0.2, 0) is 16.1 Å². The number of imide groups is 1. The van der Waals surface area contributed by atoms with Crippen LogP contribution in [0, 0.1) is 0 Å². The average Bonchev–Trinajstić information content (AvgIpc) is 3.30. The molecule has 1 aliphatic heterocycles. The van der Waals surface area contributed by atoms with Crippen molar-refractivity contribution in [1.82, 2.24) is 10.2 Å². The van der Waals surface area contributed by atoms with E-state index in [1.807, 2.05) is 42.5 Å². The van der Waals surface area contributed by atoms with Crippen molar-refractivity contribution in [3.63, 3.8) is 0 Å². The Labute approximate surface area is 161 Å². The van der Waals surface area contributed by atoms with Gasteiger partial charge < -0.3 is 15.1 Å². The van der Waals surface area contributed by atoms with Gasteiger partial charge in [0.2, 0.25) is 5.91 Å². The van der Waals surface area contributed by atoms with E-state index in [-0.39, 0.29) is 31.2 Å². The highest BCUT2D eigenvalue weighted by Crippen LogP contribution is 2.23. The van der Waals surface area contributed by atoms with Gasteiger partial charge in [-0.15, -0.1) is 0 Å². The first-order valence-corrected chi connectivity index (χ1v) is 9.04. The van der Waals surface area contributed by atoms with Crippen molar-refractivity contribution < 1.29 is 18.8 Å². The van der Waals surface area contributed by atoms with E-state index in [1.165, 1.54) is 6.26 Å². The molecule has 2 N–H and O–H groups in total. The molecule has 0 spiro atoms. The summed E-state index contributed by atoms with van der Waals surface area (Å²) in [6.07, 6.45) is 1.84. The number of nitrogens with one attached hydrogen (secondary N) is 2. The van der Waals surface area contributed by atoms with Crippen molar-refractivity contribution >= 4 is 34.3 Å². The minimum Gasteiger partial charge on any atom is -0.467 e. The number of carbonyl (C=O) groups is 3. The Bertz CT molecular complexity index is 1020. The molecule has 7 nitrogen and oxygen atoms in total. The number of amides is 4. The van der Waals surface area contributed by atoms with E-state index < -0.39 is 12.1 Å². The molecule has 1 fully saturated rings. The zero-order valence-electron chi connectivity index (χ0n) is 15.1. The maximum absolute atomic E-state index is 12.5. The van der Waals surface area contributed by atoms with Gasteiger partial charge in [-0.1, -0.05) is 36.4 Å². The van der Waals surface area contributed by atoms with Crippen LogP contribution in [0.25, 0.3) is 10.8 Å². The fourth-order valence-electron chi connectivity index (χ4n) is 3.30. The van der Waals surface area contributed by atoms with E-state index in [4.69, 9.17) is 4.42 Å². The minimum absolute atomic E-state index is 0.0797. The van der Waals surface area contributed by atoms with E-state index in [0.717, 1.165) is 21.4 Å². The lowest BCUT2D eigenvalue weighted by Crippen LogP contribution is -2.31. The second kappa shape index (κ2) is 7.56. The molecule has 1 atom stereocenters. The Hall–Kier alpha value is -3.61. The standard InChI is InChI=1S/C21H19N3O4/c25-19(22-17-9-3-6-14-5-1-2-8-16(14)17)11-10-18-20(26)24(21(27)23-18)13-15-7-4-12-28-15/h1-9,12,18H,10-11,13H2,(H,22,25)(H,23,27). The second-order valence-electron chi connectivity index (χ2n) is 6.62. The van der Waals surface area contributed by atoms with E-state index in [0.29, 0.717) is 5.76 Å². The lowest BCUT2D eigenvalue weighted by atomic mass is 10.1. The third kappa shape index (κ3) is 3.59. The fourth-order valence-corrected chi connectivity index (χ4v) is 3.30. The molecule has 142 valence electrons. The third-order valence-corrected chi connectivity index (χ3v) is 4.72. The first-order valence-electron chi connectivity index (χ1n) is 9.04. The van der Waals surface area contributed by atoms with Crippen LogP contribution in [0.1, 0.15) is 18.6 Å². The predicted molar refractivity (Wildman–Crippen MR) is 103 cm³/mol. The lowest BCUT2D eigenvalue weighted by molar-refractivity contribution is -0.128. The lowest BCUT2D eigenvalue weighted by Gasteiger charge is -2.12. The number of fused-ring (bicyclic) bond motifs is 1. The Balaban J connectivity index is 1.36. The Kier molecular flexibility index (Phi) is 4.80. The zero-order valence-corrected chi connectivity index (χ0v) is 15.1. The molecular weight excluding hydrogens is 358 g/mol. The van der Waals surface area contributed by atoms with Crippen LogP contribution >= 0.6 is 0 Å². The van der Waals surface area contributed by atoms with Crippen LogP contribution < -0.4 is 10.6 Å². The summed E-state index contributed by atoms with van der Waals surface area (Å²) in [6.45, 7) is 0.0797. The zero-order chi connectivity index (χ0) is 19.5. The highest BCUT2D eigenvalue weighted by molar-refractivity contribution is 6.05. The van der Waals surface area contributed by atoms with Gasteiger partial charge in [0.15, 0.2) is 0 Å². The van der Waals surface area contributed by atoms with Crippen LogP contribution in [-0.4, -0.2) is 28.8 Å². The molecule has 1 aliphatic rings. The normalized spacial score (nSPS) is 16.4. The van der Waals surface area contributed by atoms with E-state index >= 15 is 0 Å². The fraction of sp³-hybridized carbons (Fsp3) is 0.190. The number of benzene rings is 2. The van der Waals surface area contributed by atoms with E-state index in [2.05, 4.69) is 10.6 Å². The van der Waals surface area contributed by atoms with Gasteiger partial charge >= 0.3 is 6.03 Å². The number of anilines is 1. The molecule has 2 aromatic carbocycles. The number of hydrogen-bond acceptors (Lipinski definition) is 4. The monoisotopic (exact) mass is 377 g/mol. The first kappa shape index (κ1) is 17.8. The smallest absolute Gasteiger partial charge is 0.325 e. The maximum atomic E-state index is 12.5. The van der Waals surface area contributed by atoms with Crippen LogP contribution in [0.5, 0.6) is 0 Å². The van der Waals surface area contributed by atoms with E-state index in [9.17, 15) is 14.4 Å².